The molecule has 1 aromatic heterocycles. The van der Waals surface area contributed by atoms with Gasteiger partial charge in [0.25, 0.3) is 0 Å². The normalized spacial score (nSPS) is 18.2. The number of aromatic nitrogens is 1. The number of anilines is 1. The fraction of sp³-hybridized carbons (Fsp3) is 0.571. The largest absolute Gasteiger partial charge is 0.367 e. The van der Waals surface area contributed by atoms with Crippen molar-refractivity contribution in [1.29, 1.82) is 5.26 Å². The zero-order valence-corrected chi connectivity index (χ0v) is 11.7. The molecule has 1 saturated carbocycles. The number of nitro groups is 1. The van der Waals surface area contributed by atoms with E-state index in [4.69, 9.17) is 5.26 Å². The second-order valence-corrected chi connectivity index (χ2v) is 6.02. The van der Waals surface area contributed by atoms with E-state index in [1.165, 1.54) is 6.07 Å². The zero-order chi connectivity index (χ0) is 14.8. The van der Waals surface area contributed by atoms with Gasteiger partial charge in [0.15, 0.2) is 0 Å². The summed E-state index contributed by atoms with van der Waals surface area (Å²) < 4.78 is 0. The van der Waals surface area contributed by atoms with E-state index in [2.05, 4.69) is 24.1 Å². The minimum atomic E-state index is -0.585. The number of hydrogen-bond donors (Lipinski definition) is 1. The van der Waals surface area contributed by atoms with Gasteiger partial charge in [0.05, 0.1) is 4.92 Å². The minimum Gasteiger partial charge on any atom is -0.367 e. The summed E-state index contributed by atoms with van der Waals surface area (Å²) in [5, 5.41) is 22.9. The zero-order valence-electron chi connectivity index (χ0n) is 11.7. The highest BCUT2D eigenvalue weighted by Gasteiger charge is 2.27. The molecule has 1 aromatic rings. The number of nitriles is 1. The molecule has 6 heteroatoms. The van der Waals surface area contributed by atoms with Gasteiger partial charge in [0.1, 0.15) is 11.9 Å². The third-order valence-corrected chi connectivity index (χ3v) is 3.87. The Morgan fingerprint density at radius 3 is 2.65 bits per heavy atom. The number of pyridine rings is 1. The van der Waals surface area contributed by atoms with Crippen molar-refractivity contribution in [2.75, 3.05) is 5.32 Å². The summed E-state index contributed by atoms with van der Waals surface area (Å²) in [7, 11) is 0. The first-order valence-electron chi connectivity index (χ1n) is 6.73. The predicted molar refractivity (Wildman–Crippen MR) is 75.3 cm³/mol. The van der Waals surface area contributed by atoms with E-state index < -0.39 is 4.92 Å². The first-order valence-corrected chi connectivity index (χ1v) is 6.73. The lowest BCUT2D eigenvalue weighted by Gasteiger charge is -2.34. The topological polar surface area (TPSA) is 91.9 Å². The van der Waals surface area contributed by atoms with Gasteiger partial charge >= 0.3 is 5.69 Å². The third-order valence-electron chi connectivity index (χ3n) is 3.87. The quantitative estimate of drug-likeness (QED) is 0.674. The Morgan fingerprint density at radius 1 is 1.45 bits per heavy atom. The highest BCUT2D eigenvalue weighted by atomic mass is 16.6. The van der Waals surface area contributed by atoms with Gasteiger partial charge in [-0.25, -0.2) is 4.98 Å². The van der Waals surface area contributed by atoms with Crippen LogP contribution in [0, 0.1) is 26.9 Å². The molecule has 20 heavy (non-hydrogen) atoms. The van der Waals surface area contributed by atoms with Crippen LogP contribution in [0.15, 0.2) is 12.1 Å². The maximum Gasteiger partial charge on any atom is 0.305 e. The van der Waals surface area contributed by atoms with E-state index >= 15 is 0 Å². The molecule has 0 saturated heterocycles. The van der Waals surface area contributed by atoms with Crippen LogP contribution in [0.4, 0.5) is 11.5 Å². The summed E-state index contributed by atoms with van der Waals surface area (Å²) in [5.74, 6) is 0.539. The van der Waals surface area contributed by atoms with Crippen molar-refractivity contribution >= 4 is 11.5 Å². The molecule has 0 aromatic carbocycles. The summed E-state index contributed by atoms with van der Waals surface area (Å²) in [4.78, 5) is 14.2. The van der Waals surface area contributed by atoms with Crippen LogP contribution < -0.4 is 5.32 Å². The van der Waals surface area contributed by atoms with Crippen LogP contribution in [0.3, 0.4) is 0 Å². The van der Waals surface area contributed by atoms with Gasteiger partial charge in [-0.15, -0.1) is 0 Å². The lowest BCUT2D eigenvalue weighted by Crippen LogP contribution is -2.30. The van der Waals surface area contributed by atoms with Crippen LogP contribution >= 0.6 is 0 Å². The summed E-state index contributed by atoms with van der Waals surface area (Å²) in [6, 6.07) is 5.00. The molecule has 0 radical (unpaired) electrons. The third kappa shape index (κ3) is 3.23. The van der Waals surface area contributed by atoms with E-state index in [0.29, 0.717) is 17.3 Å². The fourth-order valence-corrected chi connectivity index (χ4v) is 2.51. The molecule has 0 spiro atoms. The van der Waals surface area contributed by atoms with E-state index in [1.54, 1.807) is 12.1 Å². The van der Waals surface area contributed by atoms with E-state index in [0.717, 1.165) is 25.7 Å². The predicted octanol–water partition coefficient (Wildman–Crippen LogP) is 3.24. The van der Waals surface area contributed by atoms with Crippen molar-refractivity contribution in [1.82, 2.24) is 4.98 Å². The molecule has 1 N–H and O–H groups in total. The van der Waals surface area contributed by atoms with Crippen molar-refractivity contribution in [2.45, 2.75) is 45.6 Å². The Kier molecular flexibility index (Phi) is 3.89. The molecule has 0 aliphatic heterocycles. The van der Waals surface area contributed by atoms with Crippen molar-refractivity contribution in [3.05, 3.63) is 27.9 Å². The summed E-state index contributed by atoms with van der Waals surface area (Å²) in [5.41, 5.74) is -0.00205. The van der Waals surface area contributed by atoms with Crippen molar-refractivity contribution in [3.8, 4) is 6.07 Å². The highest BCUT2D eigenvalue weighted by Crippen LogP contribution is 2.36. The monoisotopic (exact) mass is 274 g/mol. The molecule has 0 atom stereocenters. The molecular formula is C14H18N4O2. The van der Waals surface area contributed by atoms with E-state index in [9.17, 15) is 10.1 Å². The summed E-state index contributed by atoms with van der Waals surface area (Å²) in [6.45, 7) is 4.53. The number of nitrogens with zero attached hydrogens (tertiary/aromatic N) is 3. The SMILES string of the molecule is CC1(C)CCC(Nc2ccc([N+](=O)[O-])c(C#N)n2)CC1. The van der Waals surface area contributed by atoms with E-state index in [-0.39, 0.29) is 11.4 Å². The highest BCUT2D eigenvalue weighted by molar-refractivity contribution is 5.50. The first kappa shape index (κ1) is 14.3. The molecule has 6 nitrogen and oxygen atoms in total. The lowest BCUT2D eigenvalue weighted by atomic mass is 9.75. The molecule has 0 unspecified atom stereocenters. The van der Waals surface area contributed by atoms with Crippen LogP contribution in [-0.2, 0) is 0 Å². The van der Waals surface area contributed by atoms with Gasteiger partial charge in [-0.2, -0.15) is 5.26 Å². The molecule has 106 valence electrons. The Hall–Kier alpha value is -2.16. The molecular weight excluding hydrogens is 256 g/mol. The van der Waals surface area contributed by atoms with Gasteiger partial charge in [-0.3, -0.25) is 10.1 Å². The van der Waals surface area contributed by atoms with Gasteiger partial charge in [0, 0.05) is 12.1 Å². The van der Waals surface area contributed by atoms with E-state index in [1.807, 2.05) is 0 Å². The lowest BCUT2D eigenvalue weighted by molar-refractivity contribution is -0.385. The number of nitrogens with one attached hydrogen (secondary N) is 1. The minimum absolute atomic E-state index is 0.142. The van der Waals surface area contributed by atoms with Crippen LogP contribution in [0.2, 0.25) is 0 Å². The van der Waals surface area contributed by atoms with Gasteiger partial charge < -0.3 is 5.32 Å². The Bertz CT molecular complexity index is 553. The maximum atomic E-state index is 10.7. The van der Waals surface area contributed by atoms with Crippen LogP contribution in [-0.4, -0.2) is 15.9 Å². The van der Waals surface area contributed by atoms with Gasteiger partial charge in [-0.05, 0) is 37.2 Å². The van der Waals surface area contributed by atoms with Gasteiger partial charge in [-0.1, -0.05) is 13.8 Å². The Labute approximate surface area is 118 Å². The van der Waals surface area contributed by atoms with Gasteiger partial charge in [0.2, 0.25) is 5.69 Å². The van der Waals surface area contributed by atoms with Crippen LogP contribution in [0.25, 0.3) is 0 Å². The van der Waals surface area contributed by atoms with Crippen LogP contribution in [0.5, 0.6) is 0 Å². The van der Waals surface area contributed by atoms with Crippen molar-refractivity contribution in [2.24, 2.45) is 5.41 Å². The molecule has 1 heterocycles. The Morgan fingerprint density at radius 2 is 2.10 bits per heavy atom. The molecule has 2 rings (SSSR count). The second kappa shape index (κ2) is 5.45. The summed E-state index contributed by atoms with van der Waals surface area (Å²) >= 11 is 0. The molecule has 1 fully saturated rings. The molecule has 1 aliphatic rings. The average Bonchev–Trinajstić information content (AvgIpc) is 2.40. The fourth-order valence-electron chi connectivity index (χ4n) is 2.51. The summed E-state index contributed by atoms with van der Waals surface area (Å²) in [6.07, 6.45) is 4.38. The average molecular weight is 274 g/mol. The number of rotatable bonds is 3. The Balaban J connectivity index is 2.08. The van der Waals surface area contributed by atoms with Crippen molar-refractivity contribution < 1.29 is 4.92 Å². The molecule has 0 bridgehead atoms. The van der Waals surface area contributed by atoms with Crippen LogP contribution in [0.1, 0.15) is 45.2 Å². The smallest absolute Gasteiger partial charge is 0.305 e. The number of hydrogen-bond acceptors (Lipinski definition) is 5. The molecule has 0 amide bonds. The first-order chi connectivity index (χ1) is 9.41. The second-order valence-electron chi connectivity index (χ2n) is 6.02. The maximum absolute atomic E-state index is 10.7. The van der Waals surface area contributed by atoms with Crippen molar-refractivity contribution in [3.63, 3.8) is 0 Å². The standard InChI is InChI=1S/C14H18N4O2/c1-14(2)7-5-10(6-8-14)16-13-4-3-12(18(19)20)11(9-15)17-13/h3-4,10H,5-8H2,1-2H3,(H,16,17). The molecule has 1 aliphatic carbocycles.